The first kappa shape index (κ1) is 26.2. The molecule has 2 aromatic carbocycles. The van der Waals surface area contributed by atoms with E-state index in [0.29, 0.717) is 52.4 Å². The van der Waals surface area contributed by atoms with Gasteiger partial charge in [-0.15, -0.1) is 6.58 Å². The molecule has 0 bridgehead atoms. The zero-order valence-corrected chi connectivity index (χ0v) is 21.5. The summed E-state index contributed by atoms with van der Waals surface area (Å²) in [6.07, 6.45) is 4.48. The molecule has 0 saturated heterocycles. The molecule has 0 aliphatic rings. The second-order valence-corrected chi connectivity index (χ2v) is 8.83. The van der Waals surface area contributed by atoms with Gasteiger partial charge in [-0.05, 0) is 55.7 Å². The Bertz CT molecular complexity index is 1330. The lowest BCUT2D eigenvalue weighted by Gasteiger charge is -2.16. The summed E-state index contributed by atoms with van der Waals surface area (Å²) in [5.74, 6) is 0.233. The van der Waals surface area contributed by atoms with Crippen molar-refractivity contribution in [2.45, 2.75) is 39.5 Å². The van der Waals surface area contributed by atoms with E-state index in [9.17, 15) is 9.59 Å². The number of carboxylic acid groups (broad SMARTS) is 1. The third-order valence-corrected chi connectivity index (χ3v) is 5.86. The van der Waals surface area contributed by atoms with E-state index in [1.54, 1.807) is 24.4 Å². The average Bonchev–Trinajstić information content (AvgIpc) is 2.83. The van der Waals surface area contributed by atoms with Crippen LogP contribution in [0.15, 0.2) is 57.4 Å². The van der Waals surface area contributed by atoms with Crippen molar-refractivity contribution in [2.75, 3.05) is 13.2 Å². The summed E-state index contributed by atoms with van der Waals surface area (Å²) in [4.78, 5) is 29.1. The summed E-state index contributed by atoms with van der Waals surface area (Å²) in [5.41, 5.74) is 1.71. The Labute approximate surface area is 212 Å². The van der Waals surface area contributed by atoms with E-state index in [1.807, 2.05) is 39.0 Å². The van der Waals surface area contributed by atoms with Crippen molar-refractivity contribution < 1.29 is 19.4 Å². The number of fused-ring (bicyclic) bond motifs is 1. The van der Waals surface area contributed by atoms with E-state index < -0.39 is 12.6 Å². The van der Waals surface area contributed by atoms with Crippen LogP contribution in [0.25, 0.3) is 10.9 Å². The van der Waals surface area contributed by atoms with Crippen molar-refractivity contribution >= 4 is 39.0 Å². The lowest BCUT2D eigenvalue weighted by Crippen LogP contribution is -2.23. The maximum Gasteiger partial charge on any atom is 0.341 e. The van der Waals surface area contributed by atoms with Crippen LogP contribution in [0.1, 0.15) is 50.1 Å². The van der Waals surface area contributed by atoms with Gasteiger partial charge in [0, 0.05) is 16.0 Å². The number of carbonyl (C=O) groups is 1. The molecule has 8 nitrogen and oxygen atoms in total. The smallest absolute Gasteiger partial charge is 0.341 e. The standard InChI is InChI=1S/C26H28BrN3O5/c1-5-8-18-11-17(12-22(34-7-3)24(18)35-15-23(31)32)14-28-30-25(16(4)6-2)29-21-10-9-19(27)13-20(21)26(30)33/h5,9-14,16H,1,6-8,15H2,2-4H3,(H,31,32)/t16-/m1/s1. The Balaban J connectivity index is 2.15. The molecule has 0 radical (unpaired) electrons. The van der Waals surface area contributed by atoms with Gasteiger partial charge in [0.05, 0.1) is 23.7 Å². The number of hydrogen-bond donors (Lipinski definition) is 1. The zero-order valence-electron chi connectivity index (χ0n) is 20.0. The molecular formula is C26H28BrN3O5. The molecule has 0 aliphatic heterocycles. The summed E-state index contributed by atoms with van der Waals surface area (Å²) in [6, 6.07) is 8.92. The molecule has 184 valence electrons. The Morgan fingerprint density at radius 1 is 1.29 bits per heavy atom. The van der Waals surface area contributed by atoms with Crippen molar-refractivity contribution in [2.24, 2.45) is 5.10 Å². The fourth-order valence-corrected chi connectivity index (χ4v) is 3.89. The number of ether oxygens (including phenoxy) is 2. The Hall–Kier alpha value is -3.46. The van der Waals surface area contributed by atoms with Crippen molar-refractivity contribution in [3.63, 3.8) is 0 Å². The minimum absolute atomic E-state index is 0.00926. The number of carboxylic acids is 1. The second-order valence-electron chi connectivity index (χ2n) is 7.92. The molecule has 3 aromatic rings. The van der Waals surface area contributed by atoms with Crippen LogP contribution in [0, 0.1) is 0 Å². The molecule has 0 amide bonds. The first-order valence-corrected chi connectivity index (χ1v) is 12.1. The predicted octanol–water partition coefficient (Wildman–Crippen LogP) is 5.15. The number of halogens is 1. The van der Waals surface area contributed by atoms with Crippen molar-refractivity contribution in [1.82, 2.24) is 9.66 Å². The van der Waals surface area contributed by atoms with Crippen LogP contribution >= 0.6 is 15.9 Å². The highest BCUT2D eigenvalue weighted by Crippen LogP contribution is 2.33. The van der Waals surface area contributed by atoms with Crippen LogP contribution < -0.4 is 15.0 Å². The van der Waals surface area contributed by atoms with Crippen molar-refractivity contribution in [1.29, 1.82) is 0 Å². The molecule has 1 heterocycles. The maximum atomic E-state index is 13.4. The van der Waals surface area contributed by atoms with Gasteiger partial charge in [0.15, 0.2) is 18.1 Å². The number of hydrogen-bond acceptors (Lipinski definition) is 6. The maximum absolute atomic E-state index is 13.4. The van der Waals surface area contributed by atoms with Crippen LogP contribution in [0.4, 0.5) is 0 Å². The molecule has 0 fully saturated rings. The summed E-state index contributed by atoms with van der Waals surface area (Å²) in [5, 5.41) is 14.0. The number of rotatable bonds is 11. The molecule has 35 heavy (non-hydrogen) atoms. The van der Waals surface area contributed by atoms with Gasteiger partial charge >= 0.3 is 5.97 Å². The van der Waals surface area contributed by atoms with Gasteiger partial charge in [0.1, 0.15) is 5.82 Å². The highest BCUT2D eigenvalue weighted by atomic mass is 79.9. The van der Waals surface area contributed by atoms with Crippen LogP contribution in [-0.2, 0) is 11.2 Å². The van der Waals surface area contributed by atoms with Crippen LogP contribution in [0.5, 0.6) is 11.5 Å². The number of benzene rings is 2. The lowest BCUT2D eigenvalue weighted by molar-refractivity contribution is -0.139. The third-order valence-electron chi connectivity index (χ3n) is 5.37. The molecule has 0 aliphatic carbocycles. The molecule has 0 spiro atoms. The SMILES string of the molecule is C=CCc1cc(C=Nn2c([C@H](C)CC)nc3ccc(Br)cc3c2=O)cc(OCC)c1OCC(=O)O. The molecule has 0 saturated carbocycles. The van der Waals surface area contributed by atoms with Gasteiger partial charge in [-0.1, -0.05) is 35.9 Å². The van der Waals surface area contributed by atoms with E-state index >= 15 is 0 Å². The molecule has 1 atom stereocenters. The fourth-order valence-electron chi connectivity index (χ4n) is 3.53. The van der Waals surface area contributed by atoms with E-state index in [0.717, 1.165) is 10.9 Å². The van der Waals surface area contributed by atoms with Crippen LogP contribution in [0.3, 0.4) is 0 Å². The van der Waals surface area contributed by atoms with E-state index in [4.69, 9.17) is 19.6 Å². The fraction of sp³-hybridized carbons (Fsp3) is 0.308. The molecule has 3 rings (SSSR count). The van der Waals surface area contributed by atoms with Crippen LogP contribution in [0.2, 0.25) is 0 Å². The lowest BCUT2D eigenvalue weighted by atomic mass is 10.1. The minimum atomic E-state index is -1.09. The quantitative estimate of drug-likeness (QED) is 0.266. The molecule has 9 heteroatoms. The van der Waals surface area contributed by atoms with Crippen molar-refractivity contribution in [3.05, 3.63) is 74.8 Å². The van der Waals surface area contributed by atoms with E-state index in [2.05, 4.69) is 27.6 Å². The number of aromatic nitrogens is 2. The Morgan fingerprint density at radius 3 is 2.71 bits per heavy atom. The number of aliphatic carboxylic acids is 1. The largest absolute Gasteiger partial charge is 0.490 e. The molecule has 1 aromatic heterocycles. The summed E-state index contributed by atoms with van der Waals surface area (Å²) < 4.78 is 13.4. The highest BCUT2D eigenvalue weighted by molar-refractivity contribution is 9.10. The highest BCUT2D eigenvalue weighted by Gasteiger charge is 2.17. The Morgan fingerprint density at radius 2 is 2.06 bits per heavy atom. The zero-order chi connectivity index (χ0) is 25.5. The molecule has 1 N–H and O–H groups in total. The normalized spacial score (nSPS) is 12.1. The summed E-state index contributed by atoms with van der Waals surface area (Å²) in [7, 11) is 0. The van der Waals surface area contributed by atoms with E-state index in [1.165, 1.54) is 4.68 Å². The predicted molar refractivity (Wildman–Crippen MR) is 140 cm³/mol. The van der Waals surface area contributed by atoms with Crippen molar-refractivity contribution in [3.8, 4) is 11.5 Å². The second kappa shape index (κ2) is 11.8. The topological polar surface area (TPSA) is 103 Å². The summed E-state index contributed by atoms with van der Waals surface area (Å²) in [6.45, 7) is 9.50. The van der Waals surface area contributed by atoms with Gasteiger partial charge in [-0.3, -0.25) is 4.79 Å². The number of nitrogens with zero attached hydrogens (tertiary/aromatic N) is 3. The van der Waals surface area contributed by atoms with Gasteiger partial charge in [0.2, 0.25) is 0 Å². The minimum Gasteiger partial charge on any atom is -0.490 e. The van der Waals surface area contributed by atoms with Gasteiger partial charge in [0.25, 0.3) is 5.56 Å². The van der Waals surface area contributed by atoms with Gasteiger partial charge in [-0.25, -0.2) is 9.78 Å². The average molecular weight is 542 g/mol. The molecular weight excluding hydrogens is 514 g/mol. The molecule has 0 unspecified atom stereocenters. The van der Waals surface area contributed by atoms with E-state index in [-0.39, 0.29) is 11.5 Å². The third kappa shape index (κ3) is 6.16. The van der Waals surface area contributed by atoms with Gasteiger partial charge < -0.3 is 14.6 Å². The summed E-state index contributed by atoms with van der Waals surface area (Å²) >= 11 is 3.42. The first-order valence-electron chi connectivity index (χ1n) is 11.3. The first-order chi connectivity index (χ1) is 16.8. The van der Waals surface area contributed by atoms with Crippen LogP contribution in [-0.4, -0.2) is 40.2 Å². The number of allylic oxidation sites excluding steroid dienone is 1. The monoisotopic (exact) mass is 541 g/mol. The van der Waals surface area contributed by atoms with Gasteiger partial charge in [-0.2, -0.15) is 9.78 Å². The Kier molecular flexibility index (Phi) is 8.81.